The molecule has 0 atom stereocenters. The van der Waals surface area contributed by atoms with E-state index in [1.54, 1.807) is 0 Å². The van der Waals surface area contributed by atoms with E-state index < -0.39 is 0 Å². The van der Waals surface area contributed by atoms with Crippen molar-refractivity contribution in [1.82, 2.24) is 4.57 Å². The summed E-state index contributed by atoms with van der Waals surface area (Å²) in [4.78, 5) is 0. The van der Waals surface area contributed by atoms with Crippen LogP contribution in [0.15, 0.2) is 162 Å². The van der Waals surface area contributed by atoms with Crippen molar-refractivity contribution in [2.45, 2.75) is 0 Å². The number of hydrogen-bond acceptors (Lipinski definition) is 1. The van der Waals surface area contributed by atoms with Crippen molar-refractivity contribution in [2.75, 3.05) is 0 Å². The van der Waals surface area contributed by atoms with Crippen LogP contribution in [0, 0.1) is 0 Å². The lowest BCUT2D eigenvalue weighted by molar-refractivity contribution is 0.670. The predicted molar refractivity (Wildman–Crippen MR) is 199 cm³/mol. The van der Waals surface area contributed by atoms with Gasteiger partial charge in [0.15, 0.2) is 0 Å². The van der Waals surface area contributed by atoms with Crippen LogP contribution in [0.25, 0.3) is 98.7 Å². The lowest BCUT2D eigenvalue weighted by Crippen LogP contribution is -1.91. The van der Waals surface area contributed by atoms with E-state index in [0.29, 0.717) is 0 Å². The molecule has 0 bridgehead atoms. The molecule has 0 saturated carbocycles. The van der Waals surface area contributed by atoms with Crippen molar-refractivity contribution in [3.05, 3.63) is 158 Å². The number of fused-ring (bicyclic) bond motifs is 8. The molecule has 0 N–H and O–H groups in total. The minimum absolute atomic E-state index is 0.902. The Labute approximate surface area is 271 Å². The number of benzene rings is 8. The van der Waals surface area contributed by atoms with Gasteiger partial charge >= 0.3 is 0 Å². The van der Waals surface area contributed by atoms with Gasteiger partial charge in [-0.05, 0) is 68.1 Å². The summed E-state index contributed by atoms with van der Waals surface area (Å²) in [5.74, 6) is 0. The molecule has 2 heterocycles. The first-order valence-electron chi connectivity index (χ1n) is 16.2. The molecule has 0 radical (unpaired) electrons. The van der Waals surface area contributed by atoms with Crippen molar-refractivity contribution in [3.8, 4) is 33.4 Å². The van der Waals surface area contributed by atoms with Gasteiger partial charge in [-0.1, -0.05) is 133 Å². The molecule has 0 saturated heterocycles. The molecule has 2 aromatic heterocycles. The van der Waals surface area contributed by atoms with Gasteiger partial charge < -0.3 is 8.98 Å². The van der Waals surface area contributed by atoms with Gasteiger partial charge in [-0.3, -0.25) is 0 Å². The highest BCUT2D eigenvalue weighted by Crippen LogP contribution is 2.48. The molecule has 0 aliphatic rings. The second-order valence-corrected chi connectivity index (χ2v) is 12.5. The topological polar surface area (TPSA) is 18.1 Å². The van der Waals surface area contributed by atoms with Crippen LogP contribution < -0.4 is 0 Å². The van der Waals surface area contributed by atoms with Crippen molar-refractivity contribution < 1.29 is 4.42 Å². The van der Waals surface area contributed by atoms with Crippen LogP contribution in [0.4, 0.5) is 0 Å². The molecule has 0 aliphatic carbocycles. The molecule has 220 valence electrons. The Bertz CT molecular complexity index is 2850. The van der Waals surface area contributed by atoms with Gasteiger partial charge in [0.05, 0.1) is 0 Å². The summed E-state index contributed by atoms with van der Waals surface area (Å²) in [5, 5.41) is 9.75. The molecule has 10 rings (SSSR count). The van der Waals surface area contributed by atoms with Crippen LogP contribution in [-0.2, 0) is 7.05 Å². The highest BCUT2D eigenvalue weighted by molar-refractivity contribution is 6.27. The van der Waals surface area contributed by atoms with Crippen molar-refractivity contribution in [2.24, 2.45) is 7.05 Å². The monoisotopic (exact) mass is 599 g/mol. The molecule has 0 unspecified atom stereocenters. The molecule has 8 aromatic carbocycles. The third-order valence-corrected chi connectivity index (χ3v) is 10.00. The Kier molecular flexibility index (Phi) is 5.53. The Morgan fingerprint density at radius 2 is 1.00 bits per heavy atom. The summed E-state index contributed by atoms with van der Waals surface area (Å²) in [5.41, 5.74) is 11.4. The smallest absolute Gasteiger partial charge is 0.144 e. The molecule has 2 nitrogen and oxygen atoms in total. The van der Waals surface area contributed by atoms with E-state index >= 15 is 0 Å². The third kappa shape index (κ3) is 3.85. The first-order chi connectivity index (χ1) is 23.2. The summed E-state index contributed by atoms with van der Waals surface area (Å²) in [6.45, 7) is 0. The summed E-state index contributed by atoms with van der Waals surface area (Å²) in [6.07, 6.45) is 0. The van der Waals surface area contributed by atoms with Crippen LogP contribution in [0.5, 0.6) is 0 Å². The summed E-state index contributed by atoms with van der Waals surface area (Å²) < 4.78 is 9.14. The maximum Gasteiger partial charge on any atom is 0.144 e. The first-order valence-corrected chi connectivity index (χ1v) is 16.2. The highest BCUT2D eigenvalue weighted by atomic mass is 16.3. The molecule has 47 heavy (non-hydrogen) atoms. The van der Waals surface area contributed by atoms with Gasteiger partial charge in [-0.2, -0.15) is 0 Å². The molecular weight excluding hydrogens is 571 g/mol. The average Bonchev–Trinajstić information content (AvgIpc) is 3.65. The van der Waals surface area contributed by atoms with Crippen LogP contribution >= 0.6 is 0 Å². The maximum absolute atomic E-state index is 6.84. The Balaban J connectivity index is 1.24. The number of para-hydroxylation sites is 2. The quantitative estimate of drug-likeness (QED) is 0.198. The largest absolute Gasteiger partial charge is 0.455 e. The van der Waals surface area contributed by atoms with Crippen molar-refractivity contribution in [1.29, 1.82) is 0 Å². The van der Waals surface area contributed by atoms with E-state index in [0.717, 1.165) is 33.1 Å². The number of nitrogens with zero attached hydrogens (tertiary/aromatic N) is 1. The number of hydrogen-bond donors (Lipinski definition) is 0. The predicted octanol–water partition coefficient (Wildman–Crippen LogP) is 12.5. The maximum atomic E-state index is 6.84. The SMILES string of the molecule is Cn1c2ccccc2c2ccc(-c3c4ccccc4c(-c4ccc(-c5ccc6ccccc6c5)cc4)c4c3oc3ccccc34)cc21. The Morgan fingerprint density at radius 1 is 0.404 bits per heavy atom. The van der Waals surface area contributed by atoms with Gasteiger partial charge in [0.25, 0.3) is 0 Å². The summed E-state index contributed by atoms with van der Waals surface area (Å²) >= 11 is 0. The zero-order chi connectivity index (χ0) is 31.1. The summed E-state index contributed by atoms with van der Waals surface area (Å²) in [6, 6.07) is 57.1. The van der Waals surface area contributed by atoms with E-state index in [9.17, 15) is 0 Å². The number of aryl methyl sites for hydroxylation is 1. The fourth-order valence-electron chi connectivity index (χ4n) is 7.75. The molecule has 0 aliphatic heterocycles. The average molecular weight is 600 g/mol. The van der Waals surface area contributed by atoms with Gasteiger partial charge in [0.2, 0.25) is 0 Å². The normalized spacial score (nSPS) is 11.9. The first kappa shape index (κ1) is 26.1. The summed E-state index contributed by atoms with van der Waals surface area (Å²) in [7, 11) is 2.16. The van der Waals surface area contributed by atoms with E-state index in [1.807, 2.05) is 0 Å². The van der Waals surface area contributed by atoms with Crippen LogP contribution in [0.3, 0.4) is 0 Å². The number of rotatable bonds is 3. The molecule has 2 heteroatoms. The molecular formula is C45H29NO. The van der Waals surface area contributed by atoms with Crippen molar-refractivity contribution in [3.63, 3.8) is 0 Å². The van der Waals surface area contributed by atoms with E-state index in [1.165, 1.54) is 65.6 Å². The molecule has 0 amide bonds. The van der Waals surface area contributed by atoms with Gasteiger partial charge in [-0.15, -0.1) is 0 Å². The fourth-order valence-corrected chi connectivity index (χ4v) is 7.75. The third-order valence-electron chi connectivity index (χ3n) is 10.00. The minimum atomic E-state index is 0.902. The lowest BCUT2D eigenvalue weighted by atomic mass is 9.87. The van der Waals surface area contributed by atoms with E-state index in [4.69, 9.17) is 4.42 Å². The molecule has 10 aromatic rings. The Morgan fingerprint density at radius 3 is 1.83 bits per heavy atom. The van der Waals surface area contributed by atoms with E-state index in [-0.39, 0.29) is 0 Å². The molecule has 0 spiro atoms. The molecule has 0 fully saturated rings. The second-order valence-electron chi connectivity index (χ2n) is 12.5. The van der Waals surface area contributed by atoms with E-state index in [2.05, 4.69) is 169 Å². The van der Waals surface area contributed by atoms with Crippen LogP contribution in [0.1, 0.15) is 0 Å². The fraction of sp³-hybridized carbons (Fsp3) is 0.0222. The highest BCUT2D eigenvalue weighted by Gasteiger charge is 2.23. The van der Waals surface area contributed by atoms with Gasteiger partial charge in [0, 0.05) is 50.8 Å². The van der Waals surface area contributed by atoms with Crippen LogP contribution in [0.2, 0.25) is 0 Å². The zero-order valence-electron chi connectivity index (χ0n) is 25.9. The lowest BCUT2D eigenvalue weighted by Gasteiger charge is -2.15. The van der Waals surface area contributed by atoms with Gasteiger partial charge in [0.1, 0.15) is 11.2 Å². The number of aromatic nitrogens is 1. The van der Waals surface area contributed by atoms with Gasteiger partial charge in [-0.25, -0.2) is 0 Å². The minimum Gasteiger partial charge on any atom is -0.455 e. The van der Waals surface area contributed by atoms with Crippen LogP contribution in [-0.4, -0.2) is 4.57 Å². The standard InChI is InChI=1S/C45H29NO/c1-46-39-16-8-6-12-34(39)35-25-24-33(27-40(35)46)43-37-14-5-4-13-36(37)42(44-38-15-7-9-17-41(38)47-45(43)44)30-21-18-29(19-22-30)32-23-20-28-10-2-3-11-31(28)26-32/h2-27H,1H3. The Hall–Kier alpha value is -6.12. The zero-order valence-corrected chi connectivity index (χ0v) is 25.9. The second kappa shape index (κ2) is 9.94. The van der Waals surface area contributed by atoms with Crippen molar-refractivity contribution >= 4 is 65.3 Å². The number of furan rings is 1.